The summed E-state index contributed by atoms with van der Waals surface area (Å²) in [7, 11) is 0. The van der Waals surface area contributed by atoms with Gasteiger partial charge in [0.25, 0.3) is 0 Å². The van der Waals surface area contributed by atoms with E-state index in [2.05, 4.69) is 41.3 Å². The van der Waals surface area contributed by atoms with E-state index in [1.54, 1.807) is 17.0 Å². The maximum atomic E-state index is 12.6. The highest BCUT2D eigenvalue weighted by Crippen LogP contribution is 2.24. The molecule has 0 saturated carbocycles. The summed E-state index contributed by atoms with van der Waals surface area (Å²) in [4.78, 5) is 12.6. The molecule has 1 N–H and O–H groups in total. The summed E-state index contributed by atoms with van der Waals surface area (Å²) in [6.07, 6.45) is 5.02. The molecule has 2 heterocycles. The van der Waals surface area contributed by atoms with Crippen LogP contribution in [0.25, 0.3) is 11.8 Å². The summed E-state index contributed by atoms with van der Waals surface area (Å²) < 4.78 is 1.68. The number of aryl methyl sites for hydroxylation is 1. The van der Waals surface area contributed by atoms with Crippen LogP contribution in [0.15, 0.2) is 36.5 Å². The highest BCUT2D eigenvalue weighted by atomic mass is 16.1. The predicted molar refractivity (Wildman–Crippen MR) is 101 cm³/mol. The Balaban J connectivity index is 1.86. The number of carbonyl (C=O) groups is 1. The van der Waals surface area contributed by atoms with Crippen LogP contribution in [0.3, 0.4) is 0 Å². The molecular weight excluding hydrogens is 326 g/mol. The van der Waals surface area contributed by atoms with Crippen LogP contribution in [-0.4, -0.2) is 31.0 Å². The molecule has 6 nitrogen and oxygen atoms in total. The van der Waals surface area contributed by atoms with Crippen molar-refractivity contribution < 1.29 is 4.79 Å². The van der Waals surface area contributed by atoms with Crippen molar-refractivity contribution in [3.05, 3.63) is 64.7 Å². The van der Waals surface area contributed by atoms with Gasteiger partial charge >= 0.3 is 0 Å². The quantitative estimate of drug-likeness (QED) is 0.574. The van der Waals surface area contributed by atoms with Gasteiger partial charge in [0.1, 0.15) is 0 Å². The lowest BCUT2D eigenvalue weighted by Crippen LogP contribution is -2.13. The van der Waals surface area contributed by atoms with Crippen molar-refractivity contribution in [3.63, 3.8) is 0 Å². The van der Waals surface area contributed by atoms with Crippen LogP contribution in [0.5, 0.6) is 0 Å². The first-order valence-electron chi connectivity index (χ1n) is 8.53. The smallest absolute Gasteiger partial charge is 0.208 e. The minimum Gasteiger partial charge on any atom is -0.287 e. The fraction of sp³-hybridized carbons (Fsp3) is 0.300. The van der Waals surface area contributed by atoms with Crippen molar-refractivity contribution in [3.8, 4) is 5.69 Å². The summed E-state index contributed by atoms with van der Waals surface area (Å²) >= 11 is 0. The van der Waals surface area contributed by atoms with E-state index >= 15 is 0 Å². The molecule has 26 heavy (non-hydrogen) atoms. The Kier molecular flexibility index (Phi) is 4.59. The number of aromatic amines is 1. The molecule has 3 rings (SSSR count). The first-order valence-corrected chi connectivity index (χ1v) is 8.53. The zero-order valence-electron chi connectivity index (χ0n) is 15.7. The number of ketones is 1. The normalized spacial score (nSPS) is 12.0. The van der Waals surface area contributed by atoms with E-state index < -0.39 is 0 Å². The van der Waals surface area contributed by atoms with Crippen LogP contribution in [0, 0.1) is 13.8 Å². The zero-order chi connectivity index (χ0) is 18.9. The van der Waals surface area contributed by atoms with E-state index in [9.17, 15) is 4.79 Å². The summed E-state index contributed by atoms with van der Waals surface area (Å²) in [5.74, 6) is -0.179. The van der Waals surface area contributed by atoms with Crippen molar-refractivity contribution in [1.82, 2.24) is 25.2 Å². The van der Waals surface area contributed by atoms with Gasteiger partial charge < -0.3 is 0 Å². The molecule has 2 aromatic heterocycles. The van der Waals surface area contributed by atoms with Gasteiger partial charge in [-0.15, -0.1) is 5.10 Å². The number of H-pyrrole nitrogens is 1. The van der Waals surface area contributed by atoms with Crippen LogP contribution in [0.4, 0.5) is 0 Å². The lowest BCUT2D eigenvalue weighted by molar-refractivity contribution is 0.104. The van der Waals surface area contributed by atoms with Crippen LogP contribution >= 0.6 is 0 Å². The fourth-order valence-corrected chi connectivity index (χ4v) is 2.75. The first kappa shape index (κ1) is 17.8. The second-order valence-electron chi connectivity index (χ2n) is 7.42. The van der Waals surface area contributed by atoms with E-state index in [1.165, 1.54) is 11.6 Å². The summed E-state index contributed by atoms with van der Waals surface area (Å²) in [6.45, 7) is 10.2. The molecule has 1 aromatic carbocycles. The largest absolute Gasteiger partial charge is 0.287 e. The molecular formula is C20H23N5O. The molecule has 0 bridgehead atoms. The number of aromatic nitrogens is 5. The average Bonchev–Trinajstić information content (AvgIpc) is 3.20. The highest BCUT2D eigenvalue weighted by molar-refractivity contribution is 6.06. The van der Waals surface area contributed by atoms with E-state index in [0.29, 0.717) is 11.4 Å². The van der Waals surface area contributed by atoms with Gasteiger partial charge in [0.15, 0.2) is 5.69 Å². The van der Waals surface area contributed by atoms with Crippen LogP contribution < -0.4 is 0 Å². The van der Waals surface area contributed by atoms with Crippen LogP contribution in [-0.2, 0) is 5.41 Å². The lowest BCUT2D eigenvalue weighted by atomic mass is 9.89. The Labute approximate surface area is 152 Å². The van der Waals surface area contributed by atoms with E-state index in [-0.39, 0.29) is 11.2 Å². The topological polar surface area (TPSA) is 76.5 Å². The van der Waals surface area contributed by atoms with Gasteiger partial charge in [-0.2, -0.15) is 5.10 Å². The Morgan fingerprint density at radius 3 is 2.50 bits per heavy atom. The maximum absolute atomic E-state index is 12.6. The van der Waals surface area contributed by atoms with Crippen LogP contribution in [0.2, 0.25) is 0 Å². The van der Waals surface area contributed by atoms with Gasteiger partial charge in [-0.05, 0) is 38.1 Å². The highest BCUT2D eigenvalue weighted by Gasteiger charge is 2.19. The molecule has 0 fully saturated rings. The van der Waals surface area contributed by atoms with Crippen molar-refractivity contribution >= 4 is 11.9 Å². The van der Waals surface area contributed by atoms with Crippen molar-refractivity contribution in [2.45, 2.75) is 40.0 Å². The van der Waals surface area contributed by atoms with Crippen molar-refractivity contribution in [2.24, 2.45) is 0 Å². The van der Waals surface area contributed by atoms with Gasteiger partial charge in [-0.3, -0.25) is 9.89 Å². The van der Waals surface area contributed by atoms with Gasteiger partial charge in [0.2, 0.25) is 5.78 Å². The molecule has 0 aliphatic rings. The maximum Gasteiger partial charge on any atom is 0.208 e. The number of hydrogen-bond donors (Lipinski definition) is 1. The molecule has 3 aromatic rings. The fourth-order valence-electron chi connectivity index (χ4n) is 2.75. The molecule has 0 atom stereocenters. The number of rotatable bonds is 4. The Morgan fingerprint density at radius 1 is 1.15 bits per heavy atom. The molecule has 6 heteroatoms. The molecule has 134 valence electrons. The third-order valence-electron chi connectivity index (χ3n) is 4.24. The van der Waals surface area contributed by atoms with E-state index in [0.717, 1.165) is 16.9 Å². The summed E-state index contributed by atoms with van der Waals surface area (Å²) in [5.41, 5.74) is 4.92. The number of hydrogen-bond acceptors (Lipinski definition) is 4. The zero-order valence-corrected chi connectivity index (χ0v) is 15.7. The Hall–Kier alpha value is -3.02. The Morgan fingerprint density at radius 2 is 1.85 bits per heavy atom. The lowest BCUT2D eigenvalue weighted by Gasteiger charge is -2.17. The number of nitrogens with zero attached hydrogens (tertiary/aromatic N) is 4. The monoisotopic (exact) mass is 349 g/mol. The summed E-state index contributed by atoms with van der Waals surface area (Å²) in [6, 6.07) is 7.93. The van der Waals surface area contributed by atoms with Gasteiger partial charge in [0, 0.05) is 16.7 Å². The minimum absolute atomic E-state index is 0.0797. The molecule has 0 unspecified atom stereocenters. The van der Waals surface area contributed by atoms with Gasteiger partial charge in [0.05, 0.1) is 17.6 Å². The van der Waals surface area contributed by atoms with Crippen molar-refractivity contribution in [1.29, 1.82) is 0 Å². The second kappa shape index (κ2) is 6.71. The SMILES string of the molecule is Cc1ccc(-n2nnc(C(=O)C=Cc3cn[nH]c3C(C)(C)C)c2C)cc1. The average molecular weight is 349 g/mol. The van der Waals surface area contributed by atoms with E-state index in [4.69, 9.17) is 0 Å². The molecule has 0 spiro atoms. The number of nitrogens with one attached hydrogen (secondary N) is 1. The number of allylic oxidation sites excluding steroid dienone is 1. The molecule has 0 radical (unpaired) electrons. The second-order valence-corrected chi connectivity index (χ2v) is 7.42. The third-order valence-corrected chi connectivity index (χ3v) is 4.24. The first-order chi connectivity index (χ1) is 12.3. The minimum atomic E-state index is -0.179. The number of benzene rings is 1. The third kappa shape index (κ3) is 3.49. The van der Waals surface area contributed by atoms with E-state index in [1.807, 2.05) is 38.1 Å². The van der Waals surface area contributed by atoms with Gasteiger partial charge in [-0.25, -0.2) is 4.68 Å². The van der Waals surface area contributed by atoms with Gasteiger partial charge in [-0.1, -0.05) is 43.7 Å². The van der Waals surface area contributed by atoms with Crippen LogP contribution in [0.1, 0.15) is 53.8 Å². The number of carbonyl (C=O) groups excluding carboxylic acids is 1. The summed E-state index contributed by atoms with van der Waals surface area (Å²) in [5, 5.41) is 15.3. The molecule has 0 aliphatic heterocycles. The van der Waals surface area contributed by atoms with Crippen molar-refractivity contribution in [2.75, 3.05) is 0 Å². The molecule has 0 saturated heterocycles. The predicted octanol–water partition coefficient (Wildman–Crippen LogP) is 3.80. The molecule has 0 aliphatic carbocycles. The standard InChI is InChI=1S/C20H23N5O/c1-13-6-9-16(10-7-13)25-14(2)18(22-24-25)17(26)11-8-15-12-21-23-19(15)20(3,4)5/h6-12H,1-5H3,(H,21,23). The Bertz CT molecular complexity index is 955. The molecule has 0 amide bonds.